The van der Waals surface area contributed by atoms with Crippen LogP contribution in [0.4, 0.5) is 5.69 Å². The zero-order valence-electron chi connectivity index (χ0n) is 14.2. The molecule has 23 heavy (non-hydrogen) atoms. The third kappa shape index (κ3) is 3.58. The summed E-state index contributed by atoms with van der Waals surface area (Å²) in [5.41, 5.74) is 1.97. The molecule has 1 aromatic carbocycles. The molecule has 0 bridgehead atoms. The minimum absolute atomic E-state index is 0.0763. The highest BCUT2D eigenvalue weighted by atomic mass is 35.5. The summed E-state index contributed by atoms with van der Waals surface area (Å²) in [5.74, 6) is -0.221. The molecule has 0 heterocycles. The van der Waals surface area contributed by atoms with Gasteiger partial charge >= 0.3 is 0 Å². The molecule has 2 amide bonds. The fourth-order valence-electron chi connectivity index (χ4n) is 3.01. The van der Waals surface area contributed by atoms with Crippen LogP contribution < -0.4 is 10.6 Å². The first-order valence-corrected chi connectivity index (χ1v) is 8.03. The highest BCUT2D eigenvalue weighted by Gasteiger charge is 2.60. The molecule has 0 aliphatic heterocycles. The summed E-state index contributed by atoms with van der Waals surface area (Å²) >= 11 is 6.00. The molecule has 0 saturated heterocycles. The number of carbonyl (C=O) groups excluding carboxylic acids is 2. The maximum atomic E-state index is 12.6. The van der Waals surface area contributed by atoms with Gasteiger partial charge in [0.1, 0.15) is 0 Å². The van der Waals surface area contributed by atoms with Crippen LogP contribution in [0.3, 0.4) is 0 Å². The van der Waals surface area contributed by atoms with E-state index in [2.05, 4.69) is 30.6 Å². The Morgan fingerprint density at radius 1 is 1.26 bits per heavy atom. The minimum Gasteiger partial charge on any atom is -0.355 e. The summed E-state index contributed by atoms with van der Waals surface area (Å²) < 4.78 is 0. The molecule has 5 heteroatoms. The topological polar surface area (TPSA) is 58.2 Å². The van der Waals surface area contributed by atoms with Crippen molar-refractivity contribution < 1.29 is 9.59 Å². The molecule has 2 rings (SSSR count). The molecule has 0 aromatic heterocycles. The molecule has 2 atom stereocenters. The Labute approximate surface area is 142 Å². The van der Waals surface area contributed by atoms with Gasteiger partial charge in [-0.1, -0.05) is 37.1 Å². The van der Waals surface area contributed by atoms with E-state index in [-0.39, 0.29) is 29.1 Å². The van der Waals surface area contributed by atoms with Crippen molar-refractivity contribution in [3.63, 3.8) is 0 Å². The van der Waals surface area contributed by atoms with Crippen molar-refractivity contribution in [2.45, 2.75) is 27.7 Å². The molecule has 0 spiro atoms. The first kappa shape index (κ1) is 17.5. The second-order valence-corrected chi connectivity index (χ2v) is 7.26. The van der Waals surface area contributed by atoms with E-state index in [0.29, 0.717) is 16.3 Å². The second-order valence-electron chi connectivity index (χ2n) is 6.83. The van der Waals surface area contributed by atoms with Gasteiger partial charge < -0.3 is 10.6 Å². The SMILES string of the molecule is CNC(=O)c1ccc(Cl)cc1NC(=O)[C@@H]1[C@H](C=C(C)C)C1(C)C. The van der Waals surface area contributed by atoms with Gasteiger partial charge in [0, 0.05) is 12.1 Å². The van der Waals surface area contributed by atoms with E-state index >= 15 is 0 Å². The van der Waals surface area contributed by atoms with E-state index < -0.39 is 0 Å². The van der Waals surface area contributed by atoms with Crippen molar-refractivity contribution in [1.82, 2.24) is 5.32 Å². The van der Waals surface area contributed by atoms with Crippen molar-refractivity contribution >= 4 is 29.1 Å². The summed E-state index contributed by atoms with van der Waals surface area (Å²) in [5, 5.41) is 5.92. The predicted molar refractivity (Wildman–Crippen MR) is 93.7 cm³/mol. The van der Waals surface area contributed by atoms with Gasteiger partial charge in [0.25, 0.3) is 5.91 Å². The third-order valence-corrected chi connectivity index (χ3v) is 4.65. The van der Waals surface area contributed by atoms with Gasteiger partial charge in [0.2, 0.25) is 5.91 Å². The highest BCUT2D eigenvalue weighted by molar-refractivity contribution is 6.31. The molecule has 1 aliphatic carbocycles. The standard InChI is InChI=1S/C18H23ClN2O2/c1-10(2)8-13-15(18(13,3)4)17(23)21-14-9-11(19)6-7-12(14)16(22)20-5/h6-9,13,15H,1-5H3,(H,20,22)(H,21,23)/t13-,15-/m0/s1. The Bertz CT molecular complexity index is 676. The van der Waals surface area contributed by atoms with Crippen LogP contribution in [0, 0.1) is 17.3 Å². The Hall–Kier alpha value is -1.81. The number of nitrogens with one attached hydrogen (secondary N) is 2. The molecule has 0 unspecified atom stereocenters. The fraction of sp³-hybridized carbons (Fsp3) is 0.444. The quantitative estimate of drug-likeness (QED) is 0.821. The molecule has 1 aromatic rings. The summed E-state index contributed by atoms with van der Waals surface area (Å²) in [6.45, 7) is 8.23. The lowest BCUT2D eigenvalue weighted by molar-refractivity contribution is -0.118. The summed E-state index contributed by atoms with van der Waals surface area (Å²) in [4.78, 5) is 24.6. The third-order valence-electron chi connectivity index (χ3n) is 4.42. The van der Waals surface area contributed by atoms with Crippen LogP contribution in [-0.2, 0) is 4.79 Å². The van der Waals surface area contributed by atoms with Gasteiger partial charge in [-0.25, -0.2) is 0 Å². The number of amides is 2. The number of anilines is 1. The predicted octanol–water partition coefficient (Wildman–Crippen LogP) is 3.88. The van der Waals surface area contributed by atoms with Crippen LogP contribution in [-0.4, -0.2) is 18.9 Å². The maximum absolute atomic E-state index is 12.6. The summed E-state index contributed by atoms with van der Waals surface area (Å²) in [6, 6.07) is 4.85. The van der Waals surface area contributed by atoms with Gasteiger partial charge in [0.15, 0.2) is 0 Å². The molecule has 2 N–H and O–H groups in total. The molecular weight excluding hydrogens is 312 g/mol. The van der Waals surface area contributed by atoms with Gasteiger partial charge in [-0.05, 0) is 43.4 Å². The number of halogens is 1. The van der Waals surface area contributed by atoms with E-state index in [1.165, 1.54) is 5.57 Å². The lowest BCUT2D eigenvalue weighted by atomic mass is 10.1. The largest absolute Gasteiger partial charge is 0.355 e. The van der Waals surface area contributed by atoms with Crippen LogP contribution in [0.15, 0.2) is 29.8 Å². The Morgan fingerprint density at radius 3 is 2.48 bits per heavy atom. The van der Waals surface area contributed by atoms with E-state index in [1.807, 2.05) is 13.8 Å². The molecule has 0 radical (unpaired) electrons. The zero-order valence-corrected chi connectivity index (χ0v) is 14.9. The normalized spacial score (nSPS) is 21.3. The number of hydrogen-bond acceptors (Lipinski definition) is 2. The lowest BCUT2D eigenvalue weighted by Crippen LogP contribution is -2.23. The molecule has 1 saturated carbocycles. The molecule has 4 nitrogen and oxygen atoms in total. The molecular formula is C18H23ClN2O2. The highest BCUT2D eigenvalue weighted by Crippen LogP contribution is 2.59. The van der Waals surface area contributed by atoms with Crippen molar-refractivity contribution in [3.05, 3.63) is 40.4 Å². The average Bonchev–Trinajstić information content (AvgIpc) is 2.98. The summed E-state index contributed by atoms with van der Waals surface area (Å²) in [7, 11) is 1.55. The van der Waals surface area contributed by atoms with Crippen molar-refractivity contribution in [1.29, 1.82) is 0 Å². The van der Waals surface area contributed by atoms with Gasteiger partial charge in [-0.2, -0.15) is 0 Å². The number of carbonyl (C=O) groups is 2. The van der Waals surface area contributed by atoms with Crippen LogP contribution >= 0.6 is 11.6 Å². The monoisotopic (exact) mass is 334 g/mol. The lowest BCUT2D eigenvalue weighted by Gasteiger charge is -2.11. The fourth-order valence-corrected chi connectivity index (χ4v) is 3.18. The van der Waals surface area contributed by atoms with Crippen LogP contribution in [0.5, 0.6) is 0 Å². The van der Waals surface area contributed by atoms with Gasteiger partial charge in [-0.3, -0.25) is 9.59 Å². The van der Waals surface area contributed by atoms with Gasteiger partial charge in [-0.15, -0.1) is 0 Å². The average molecular weight is 335 g/mol. The molecule has 1 aliphatic rings. The Kier molecular flexibility index (Phi) is 4.85. The number of benzene rings is 1. The van der Waals surface area contributed by atoms with Crippen LogP contribution in [0.1, 0.15) is 38.1 Å². The first-order chi connectivity index (χ1) is 10.7. The zero-order chi connectivity index (χ0) is 17.4. The van der Waals surface area contributed by atoms with E-state index in [0.717, 1.165) is 0 Å². The Balaban J connectivity index is 2.23. The second kappa shape index (κ2) is 6.36. The van der Waals surface area contributed by atoms with Crippen LogP contribution in [0.25, 0.3) is 0 Å². The number of hydrogen-bond donors (Lipinski definition) is 2. The van der Waals surface area contributed by atoms with Crippen molar-refractivity contribution in [3.8, 4) is 0 Å². The first-order valence-electron chi connectivity index (χ1n) is 7.66. The van der Waals surface area contributed by atoms with Gasteiger partial charge in [0.05, 0.1) is 17.2 Å². The smallest absolute Gasteiger partial charge is 0.253 e. The van der Waals surface area contributed by atoms with Crippen LogP contribution in [0.2, 0.25) is 5.02 Å². The molecule has 124 valence electrons. The maximum Gasteiger partial charge on any atom is 0.253 e. The number of allylic oxidation sites excluding steroid dienone is 2. The minimum atomic E-state index is -0.257. The van der Waals surface area contributed by atoms with E-state index in [4.69, 9.17) is 11.6 Å². The van der Waals surface area contributed by atoms with Crippen molar-refractivity contribution in [2.75, 3.05) is 12.4 Å². The molecule has 1 fully saturated rings. The summed E-state index contributed by atoms with van der Waals surface area (Å²) in [6.07, 6.45) is 2.14. The van der Waals surface area contributed by atoms with Crippen molar-refractivity contribution in [2.24, 2.45) is 17.3 Å². The number of rotatable bonds is 4. The van der Waals surface area contributed by atoms with E-state index in [9.17, 15) is 9.59 Å². The van der Waals surface area contributed by atoms with E-state index in [1.54, 1.807) is 25.2 Å². The Morgan fingerprint density at radius 2 is 1.91 bits per heavy atom.